The van der Waals surface area contributed by atoms with Gasteiger partial charge in [0.05, 0.1) is 18.6 Å². The Balaban J connectivity index is 1.72. The van der Waals surface area contributed by atoms with E-state index in [0.717, 1.165) is 5.82 Å². The van der Waals surface area contributed by atoms with Crippen LogP contribution in [0.2, 0.25) is 0 Å². The lowest BCUT2D eigenvalue weighted by atomic mass is 10.4. The number of rotatable bonds is 4. The van der Waals surface area contributed by atoms with Crippen LogP contribution >= 0.6 is 0 Å². The third kappa shape index (κ3) is 1.83. The number of aliphatic hydroxyl groups is 1. The molecule has 6 nitrogen and oxygen atoms in total. The first-order valence-electron chi connectivity index (χ1n) is 5.29. The molecule has 0 bridgehead atoms. The van der Waals surface area contributed by atoms with E-state index in [1.807, 2.05) is 4.57 Å². The first-order valence-corrected chi connectivity index (χ1v) is 5.29. The Labute approximate surface area is 91.9 Å². The molecule has 2 heterocycles. The summed E-state index contributed by atoms with van der Waals surface area (Å²) in [5.74, 6) is 1.91. The third-order valence-electron chi connectivity index (χ3n) is 2.59. The highest BCUT2D eigenvalue weighted by Crippen LogP contribution is 2.38. The summed E-state index contributed by atoms with van der Waals surface area (Å²) in [6, 6.07) is 0. The molecule has 0 amide bonds. The van der Waals surface area contributed by atoms with Crippen LogP contribution in [0.5, 0.6) is 0 Å². The van der Waals surface area contributed by atoms with Crippen LogP contribution in [0.25, 0.3) is 0 Å². The molecular formula is C10H12N4O2. The van der Waals surface area contributed by atoms with Gasteiger partial charge in [0.1, 0.15) is 6.54 Å². The van der Waals surface area contributed by atoms with Gasteiger partial charge in [-0.15, -0.1) is 0 Å². The summed E-state index contributed by atoms with van der Waals surface area (Å²) in [7, 11) is 0. The van der Waals surface area contributed by atoms with Gasteiger partial charge in [-0.25, -0.2) is 4.98 Å². The summed E-state index contributed by atoms with van der Waals surface area (Å²) in [5, 5.41) is 12.8. The van der Waals surface area contributed by atoms with Crippen LogP contribution in [-0.4, -0.2) is 24.8 Å². The Kier molecular flexibility index (Phi) is 2.21. The van der Waals surface area contributed by atoms with Crippen LogP contribution in [0.4, 0.5) is 0 Å². The zero-order valence-corrected chi connectivity index (χ0v) is 8.70. The molecule has 1 aliphatic carbocycles. The molecule has 0 spiro atoms. The molecule has 1 N–H and O–H groups in total. The minimum atomic E-state index is -0.0514. The lowest BCUT2D eigenvalue weighted by molar-refractivity contribution is 0.277. The zero-order chi connectivity index (χ0) is 11.0. The van der Waals surface area contributed by atoms with E-state index >= 15 is 0 Å². The summed E-state index contributed by atoms with van der Waals surface area (Å²) in [5.41, 5.74) is 0.641. The van der Waals surface area contributed by atoms with Crippen molar-refractivity contribution in [3.63, 3.8) is 0 Å². The van der Waals surface area contributed by atoms with Gasteiger partial charge in [-0.1, -0.05) is 5.16 Å². The minimum Gasteiger partial charge on any atom is -0.390 e. The van der Waals surface area contributed by atoms with Crippen LogP contribution in [0.1, 0.15) is 36.2 Å². The van der Waals surface area contributed by atoms with Crippen molar-refractivity contribution in [1.29, 1.82) is 0 Å². The highest BCUT2D eigenvalue weighted by Gasteiger charge is 2.28. The van der Waals surface area contributed by atoms with Crippen molar-refractivity contribution in [2.24, 2.45) is 0 Å². The predicted molar refractivity (Wildman–Crippen MR) is 53.5 cm³/mol. The van der Waals surface area contributed by atoms with E-state index in [1.54, 1.807) is 12.5 Å². The molecule has 1 saturated carbocycles. The summed E-state index contributed by atoms with van der Waals surface area (Å²) in [4.78, 5) is 8.32. The van der Waals surface area contributed by atoms with Gasteiger partial charge in [0.25, 0.3) is 0 Å². The monoisotopic (exact) mass is 220 g/mol. The quantitative estimate of drug-likeness (QED) is 0.820. The lowest BCUT2D eigenvalue weighted by Crippen LogP contribution is -1.97. The second-order valence-corrected chi connectivity index (χ2v) is 4.02. The predicted octanol–water partition coefficient (Wildman–Crippen LogP) is 0.684. The Morgan fingerprint density at radius 3 is 3.06 bits per heavy atom. The van der Waals surface area contributed by atoms with Crippen molar-refractivity contribution < 1.29 is 9.63 Å². The Hall–Kier alpha value is -1.69. The molecule has 0 unspecified atom stereocenters. The van der Waals surface area contributed by atoms with Crippen molar-refractivity contribution in [3.8, 4) is 0 Å². The largest absolute Gasteiger partial charge is 0.390 e. The smallest absolute Gasteiger partial charge is 0.246 e. The molecule has 0 saturated heterocycles. The van der Waals surface area contributed by atoms with Crippen LogP contribution in [-0.2, 0) is 13.2 Å². The third-order valence-corrected chi connectivity index (χ3v) is 2.59. The molecule has 2 aromatic rings. The van der Waals surface area contributed by atoms with Crippen molar-refractivity contribution in [2.75, 3.05) is 0 Å². The molecule has 1 aliphatic rings. The molecule has 84 valence electrons. The summed E-state index contributed by atoms with van der Waals surface area (Å²) in [6.45, 7) is 0.455. The highest BCUT2D eigenvalue weighted by molar-refractivity contribution is 5.04. The topological polar surface area (TPSA) is 77.0 Å². The van der Waals surface area contributed by atoms with E-state index in [9.17, 15) is 0 Å². The number of imidazole rings is 1. The molecule has 0 aliphatic heterocycles. The van der Waals surface area contributed by atoms with Gasteiger partial charge in [-0.3, -0.25) is 0 Å². The Morgan fingerprint density at radius 1 is 1.50 bits per heavy atom. The summed E-state index contributed by atoms with van der Waals surface area (Å²) in [6.07, 6.45) is 5.74. The van der Waals surface area contributed by atoms with Crippen LogP contribution in [0, 0.1) is 0 Å². The van der Waals surface area contributed by atoms with Crippen molar-refractivity contribution in [1.82, 2.24) is 19.7 Å². The SMILES string of the molecule is OCc1cn(Cc2nc(C3CC3)no2)cn1. The van der Waals surface area contributed by atoms with Gasteiger partial charge in [0, 0.05) is 12.1 Å². The summed E-state index contributed by atoms with van der Waals surface area (Å²) >= 11 is 0. The molecule has 16 heavy (non-hydrogen) atoms. The van der Waals surface area contributed by atoms with E-state index in [4.69, 9.17) is 9.63 Å². The molecule has 6 heteroatoms. The maximum absolute atomic E-state index is 8.87. The van der Waals surface area contributed by atoms with Crippen molar-refractivity contribution in [3.05, 3.63) is 29.9 Å². The second kappa shape index (κ2) is 3.71. The Morgan fingerprint density at radius 2 is 2.38 bits per heavy atom. The minimum absolute atomic E-state index is 0.0514. The summed E-state index contributed by atoms with van der Waals surface area (Å²) < 4.78 is 6.96. The van der Waals surface area contributed by atoms with E-state index in [1.165, 1.54) is 12.8 Å². The normalized spacial score (nSPS) is 15.6. The molecule has 0 radical (unpaired) electrons. The standard InChI is InChI=1S/C10H12N4O2/c15-5-8-3-14(6-11-8)4-9-12-10(13-16-9)7-1-2-7/h3,6-7,15H,1-2,4-5H2. The van der Waals surface area contributed by atoms with E-state index < -0.39 is 0 Å². The molecule has 0 aromatic carbocycles. The average molecular weight is 220 g/mol. The maximum Gasteiger partial charge on any atom is 0.246 e. The second-order valence-electron chi connectivity index (χ2n) is 4.02. The molecule has 1 fully saturated rings. The van der Waals surface area contributed by atoms with Crippen LogP contribution in [0.15, 0.2) is 17.0 Å². The fourth-order valence-corrected chi connectivity index (χ4v) is 1.57. The van der Waals surface area contributed by atoms with Crippen molar-refractivity contribution in [2.45, 2.75) is 31.9 Å². The first-order chi connectivity index (χ1) is 7.85. The van der Waals surface area contributed by atoms with Crippen LogP contribution in [0.3, 0.4) is 0 Å². The number of hydrogen-bond donors (Lipinski definition) is 1. The molecular weight excluding hydrogens is 208 g/mol. The zero-order valence-electron chi connectivity index (χ0n) is 8.70. The van der Waals surface area contributed by atoms with Crippen molar-refractivity contribution >= 4 is 0 Å². The van der Waals surface area contributed by atoms with Gasteiger partial charge < -0.3 is 14.2 Å². The van der Waals surface area contributed by atoms with Gasteiger partial charge in [-0.2, -0.15) is 4.98 Å². The maximum atomic E-state index is 8.87. The van der Waals surface area contributed by atoms with Gasteiger partial charge >= 0.3 is 0 Å². The van der Waals surface area contributed by atoms with Gasteiger partial charge in [0.15, 0.2) is 5.82 Å². The number of aromatic nitrogens is 4. The molecule has 3 rings (SSSR count). The molecule has 0 atom stereocenters. The lowest BCUT2D eigenvalue weighted by Gasteiger charge is -1.94. The van der Waals surface area contributed by atoms with E-state index in [2.05, 4.69) is 15.1 Å². The number of aliphatic hydroxyl groups excluding tert-OH is 1. The first kappa shape index (κ1) is 9.53. The molecule has 2 aromatic heterocycles. The van der Waals surface area contributed by atoms with E-state index in [-0.39, 0.29) is 6.61 Å². The Bertz CT molecular complexity index is 486. The van der Waals surface area contributed by atoms with E-state index in [0.29, 0.717) is 24.0 Å². The number of hydrogen-bond acceptors (Lipinski definition) is 5. The highest BCUT2D eigenvalue weighted by atomic mass is 16.5. The average Bonchev–Trinajstić information content (AvgIpc) is 2.88. The van der Waals surface area contributed by atoms with Gasteiger partial charge in [-0.05, 0) is 12.8 Å². The fourth-order valence-electron chi connectivity index (χ4n) is 1.57. The number of nitrogens with zero attached hydrogens (tertiary/aromatic N) is 4. The van der Waals surface area contributed by atoms with Crippen LogP contribution < -0.4 is 0 Å². The van der Waals surface area contributed by atoms with Gasteiger partial charge in [0.2, 0.25) is 5.89 Å². The fraction of sp³-hybridized carbons (Fsp3) is 0.500.